The highest BCUT2D eigenvalue weighted by atomic mass is 14.3. The van der Waals surface area contributed by atoms with Gasteiger partial charge in [-0.3, -0.25) is 0 Å². The van der Waals surface area contributed by atoms with Gasteiger partial charge in [0.1, 0.15) is 0 Å². The molecule has 0 aliphatic heterocycles. The van der Waals surface area contributed by atoms with Crippen molar-refractivity contribution in [1.82, 2.24) is 0 Å². The van der Waals surface area contributed by atoms with E-state index in [-0.39, 0.29) is 0 Å². The molecule has 0 fully saturated rings. The molecule has 0 saturated heterocycles. The largest absolute Gasteiger partial charge is 0.0720 e. The van der Waals surface area contributed by atoms with Crippen LogP contribution in [-0.4, -0.2) is 0 Å². The second-order valence-corrected chi connectivity index (χ2v) is 5.81. The van der Waals surface area contributed by atoms with Crippen molar-refractivity contribution >= 4 is 28.5 Å². The molecule has 3 aromatic rings. The van der Waals surface area contributed by atoms with Crippen LogP contribution in [0, 0.1) is 0 Å². The molecule has 0 heteroatoms. The third-order valence-corrected chi connectivity index (χ3v) is 4.71. The molecule has 0 nitrogen and oxygen atoms in total. The third-order valence-electron chi connectivity index (χ3n) is 4.71. The van der Waals surface area contributed by atoms with Gasteiger partial charge in [0.05, 0.1) is 0 Å². The molecule has 98 valence electrons. The van der Waals surface area contributed by atoms with Crippen LogP contribution in [0.2, 0.25) is 0 Å². The zero-order chi connectivity index (χ0) is 13.8. The van der Waals surface area contributed by atoms with Gasteiger partial charge in [-0.1, -0.05) is 72.8 Å². The highest BCUT2D eigenvalue weighted by Gasteiger charge is 2.28. The van der Waals surface area contributed by atoms with Gasteiger partial charge in [0, 0.05) is 5.92 Å². The maximum absolute atomic E-state index is 2.39. The highest BCUT2D eigenvalue weighted by Crippen LogP contribution is 2.48. The lowest BCUT2D eigenvalue weighted by molar-refractivity contribution is 1.13. The molecule has 0 N–H and O–H groups in total. The Kier molecular flexibility index (Phi) is 2.09. The van der Waals surface area contributed by atoms with Crippen molar-refractivity contribution < 1.29 is 0 Å². The van der Waals surface area contributed by atoms with Gasteiger partial charge in [0.2, 0.25) is 0 Å². The van der Waals surface area contributed by atoms with Crippen LogP contribution in [0.15, 0.2) is 66.7 Å². The van der Waals surface area contributed by atoms with Crippen molar-refractivity contribution in [3.05, 3.63) is 89.0 Å². The number of hydrogen-bond donors (Lipinski definition) is 0. The predicted molar refractivity (Wildman–Crippen MR) is 90.0 cm³/mol. The van der Waals surface area contributed by atoms with Crippen molar-refractivity contribution in [2.45, 2.75) is 5.92 Å². The summed E-state index contributed by atoms with van der Waals surface area (Å²) in [4.78, 5) is 0. The molecule has 5 rings (SSSR count). The minimum Gasteiger partial charge on any atom is -0.0720 e. The van der Waals surface area contributed by atoms with E-state index < -0.39 is 0 Å². The monoisotopic (exact) mass is 266 g/mol. The van der Waals surface area contributed by atoms with E-state index in [0.717, 1.165) is 0 Å². The Labute approximate surface area is 124 Å². The highest BCUT2D eigenvalue weighted by molar-refractivity contribution is 6.05. The normalized spacial score (nSPS) is 18.1. The maximum atomic E-state index is 2.39. The van der Waals surface area contributed by atoms with Crippen LogP contribution < -0.4 is 0 Å². The first-order valence-corrected chi connectivity index (χ1v) is 7.43. The topological polar surface area (TPSA) is 0 Å². The van der Waals surface area contributed by atoms with Crippen molar-refractivity contribution in [1.29, 1.82) is 0 Å². The molecule has 0 heterocycles. The van der Waals surface area contributed by atoms with Crippen LogP contribution in [0.25, 0.3) is 28.5 Å². The molecule has 2 aliphatic carbocycles. The lowest BCUT2D eigenvalue weighted by Crippen LogP contribution is -2.01. The van der Waals surface area contributed by atoms with Crippen LogP contribution >= 0.6 is 0 Å². The first kappa shape index (κ1) is 11.1. The molecule has 0 amide bonds. The molecule has 3 aromatic carbocycles. The molecule has 2 aliphatic rings. The average molecular weight is 266 g/mol. The summed E-state index contributed by atoms with van der Waals surface area (Å²) >= 11 is 0. The third kappa shape index (κ3) is 1.45. The molecular weight excluding hydrogens is 252 g/mol. The number of rotatable bonds is 0. The summed E-state index contributed by atoms with van der Waals surface area (Å²) in [6.07, 6.45) is 7.00. The molecule has 0 aromatic heterocycles. The fourth-order valence-corrected chi connectivity index (χ4v) is 3.72. The van der Waals surface area contributed by atoms with Crippen LogP contribution in [0.1, 0.15) is 28.2 Å². The minimum absolute atomic E-state index is 0.416. The molecule has 0 saturated carbocycles. The van der Waals surface area contributed by atoms with Crippen LogP contribution in [0.3, 0.4) is 0 Å². The SMILES string of the molecule is C1=CC2C(=Cc3c2ccc2ccccc32)c2ccccc21. The number of fused-ring (bicyclic) bond motifs is 7. The van der Waals surface area contributed by atoms with E-state index in [4.69, 9.17) is 0 Å². The molecular formula is C21H14. The molecule has 21 heavy (non-hydrogen) atoms. The maximum Gasteiger partial charge on any atom is 0.0285 e. The Bertz CT molecular complexity index is 941. The van der Waals surface area contributed by atoms with Gasteiger partial charge >= 0.3 is 0 Å². The first-order chi connectivity index (χ1) is 10.4. The van der Waals surface area contributed by atoms with Crippen molar-refractivity contribution in [3.63, 3.8) is 0 Å². The van der Waals surface area contributed by atoms with E-state index in [1.54, 1.807) is 0 Å². The Hall–Kier alpha value is -2.60. The molecule has 0 radical (unpaired) electrons. The van der Waals surface area contributed by atoms with Gasteiger partial charge in [0.15, 0.2) is 0 Å². The summed E-state index contributed by atoms with van der Waals surface area (Å²) in [6, 6.07) is 21.9. The fraction of sp³-hybridized carbons (Fsp3) is 0.0476. The smallest absolute Gasteiger partial charge is 0.0285 e. The minimum atomic E-state index is 0.416. The molecule has 1 atom stereocenters. The van der Waals surface area contributed by atoms with E-state index in [2.05, 4.69) is 78.9 Å². The number of allylic oxidation sites excluding steroid dienone is 2. The standard InChI is InChI=1S/C21H14/c1-3-7-16-14(5-1)9-11-18-19-12-10-15-6-2-4-8-17(15)21(19)13-20(16)18/h1-13,18H. The van der Waals surface area contributed by atoms with Gasteiger partial charge in [-0.25, -0.2) is 0 Å². The second-order valence-electron chi connectivity index (χ2n) is 5.81. The van der Waals surface area contributed by atoms with Gasteiger partial charge in [0.25, 0.3) is 0 Å². The van der Waals surface area contributed by atoms with Crippen LogP contribution in [0.5, 0.6) is 0 Å². The van der Waals surface area contributed by atoms with E-state index in [1.165, 1.54) is 38.6 Å². The Morgan fingerprint density at radius 2 is 1.62 bits per heavy atom. The average Bonchev–Trinajstić information content (AvgIpc) is 2.94. The summed E-state index contributed by atoms with van der Waals surface area (Å²) in [5, 5.41) is 2.69. The van der Waals surface area contributed by atoms with Gasteiger partial charge in [-0.05, 0) is 44.7 Å². The summed E-state index contributed by atoms with van der Waals surface area (Å²) in [5.74, 6) is 0.416. The van der Waals surface area contributed by atoms with Crippen molar-refractivity contribution in [2.24, 2.45) is 0 Å². The van der Waals surface area contributed by atoms with Crippen molar-refractivity contribution in [2.75, 3.05) is 0 Å². The van der Waals surface area contributed by atoms with E-state index in [9.17, 15) is 0 Å². The van der Waals surface area contributed by atoms with Gasteiger partial charge in [-0.15, -0.1) is 0 Å². The zero-order valence-electron chi connectivity index (χ0n) is 11.6. The Morgan fingerprint density at radius 3 is 2.62 bits per heavy atom. The van der Waals surface area contributed by atoms with Crippen LogP contribution in [-0.2, 0) is 0 Å². The zero-order valence-corrected chi connectivity index (χ0v) is 11.6. The summed E-state index contributed by atoms with van der Waals surface area (Å²) in [6.45, 7) is 0. The van der Waals surface area contributed by atoms with Crippen LogP contribution in [0.4, 0.5) is 0 Å². The van der Waals surface area contributed by atoms with E-state index in [1.807, 2.05) is 0 Å². The first-order valence-electron chi connectivity index (χ1n) is 7.43. The Morgan fingerprint density at radius 1 is 0.762 bits per heavy atom. The van der Waals surface area contributed by atoms with Crippen molar-refractivity contribution in [3.8, 4) is 0 Å². The number of hydrogen-bond acceptors (Lipinski definition) is 0. The lowest BCUT2D eigenvalue weighted by atomic mass is 9.84. The molecule has 1 unspecified atom stereocenters. The summed E-state index contributed by atoms with van der Waals surface area (Å²) in [5.41, 5.74) is 6.99. The Balaban J connectivity index is 1.84. The van der Waals surface area contributed by atoms with E-state index in [0.29, 0.717) is 5.92 Å². The summed E-state index contributed by atoms with van der Waals surface area (Å²) < 4.78 is 0. The quantitative estimate of drug-likeness (QED) is 0.503. The predicted octanol–water partition coefficient (Wildman–Crippen LogP) is 5.50. The lowest BCUT2D eigenvalue weighted by Gasteiger charge is -2.19. The number of benzene rings is 3. The van der Waals surface area contributed by atoms with E-state index >= 15 is 0 Å². The fourth-order valence-electron chi connectivity index (χ4n) is 3.72. The molecule has 0 spiro atoms. The summed E-state index contributed by atoms with van der Waals surface area (Å²) in [7, 11) is 0. The second kappa shape index (κ2) is 3.95. The van der Waals surface area contributed by atoms with Gasteiger partial charge < -0.3 is 0 Å². The molecule has 0 bridgehead atoms. The van der Waals surface area contributed by atoms with Gasteiger partial charge in [-0.2, -0.15) is 0 Å².